The minimum Gasteiger partial charge on any atom is -0.392 e. The summed E-state index contributed by atoms with van der Waals surface area (Å²) < 4.78 is 0. The lowest BCUT2D eigenvalue weighted by atomic mass is 10.1. The molecule has 0 heterocycles. The van der Waals surface area contributed by atoms with Crippen molar-refractivity contribution in [3.8, 4) is 0 Å². The summed E-state index contributed by atoms with van der Waals surface area (Å²) in [7, 11) is 1.62. The molecule has 0 aliphatic rings. The normalized spacial score (nSPS) is 10.1. The van der Waals surface area contributed by atoms with Crippen LogP contribution in [0, 0.1) is 0 Å². The standard InChI is InChI=1S/C16H18N2O2/c1-17-16(20)14-7-5-12(6-8-14)10-18-15-4-2-3-13(9-15)11-19/h2-9,18-19H,10-11H2,1H3,(H,17,20). The third kappa shape index (κ3) is 3.59. The number of carbonyl (C=O) groups is 1. The quantitative estimate of drug-likeness (QED) is 0.780. The van der Waals surface area contributed by atoms with Crippen molar-refractivity contribution in [2.45, 2.75) is 13.2 Å². The first kappa shape index (κ1) is 14.1. The first-order valence-corrected chi connectivity index (χ1v) is 6.47. The zero-order chi connectivity index (χ0) is 14.4. The molecule has 0 saturated carbocycles. The highest BCUT2D eigenvalue weighted by Gasteiger charge is 2.02. The first-order valence-electron chi connectivity index (χ1n) is 6.47. The lowest BCUT2D eigenvalue weighted by Crippen LogP contribution is -2.17. The second-order valence-electron chi connectivity index (χ2n) is 4.49. The summed E-state index contributed by atoms with van der Waals surface area (Å²) in [4.78, 5) is 11.4. The molecular formula is C16H18N2O2. The third-order valence-electron chi connectivity index (χ3n) is 3.05. The maximum absolute atomic E-state index is 11.4. The monoisotopic (exact) mass is 270 g/mol. The predicted octanol–water partition coefficient (Wildman–Crippen LogP) is 2.15. The smallest absolute Gasteiger partial charge is 0.251 e. The van der Waals surface area contributed by atoms with Crippen molar-refractivity contribution in [3.05, 3.63) is 65.2 Å². The van der Waals surface area contributed by atoms with Gasteiger partial charge in [-0.15, -0.1) is 0 Å². The zero-order valence-corrected chi connectivity index (χ0v) is 11.4. The van der Waals surface area contributed by atoms with E-state index in [0.717, 1.165) is 16.8 Å². The van der Waals surface area contributed by atoms with Crippen molar-refractivity contribution in [1.29, 1.82) is 0 Å². The predicted molar refractivity (Wildman–Crippen MR) is 79.5 cm³/mol. The summed E-state index contributed by atoms with van der Waals surface area (Å²) in [5, 5.41) is 15.0. The van der Waals surface area contributed by atoms with E-state index in [-0.39, 0.29) is 12.5 Å². The highest BCUT2D eigenvalue weighted by molar-refractivity contribution is 5.93. The van der Waals surface area contributed by atoms with E-state index in [4.69, 9.17) is 5.11 Å². The zero-order valence-electron chi connectivity index (χ0n) is 11.4. The van der Waals surface area contributed by atoms with Crippen LogP contribution in [0.25, 0.3) is 0 Å². The van der Waals surface area contributed by atoms with Gasteiger partial charge in [-0.1, -0.05) is 24.3 Å². The Morgan fingerprint density at radius 1 is 1.10 bits per heavy atom. The van der Waals surface area contributed by atoms with Crippen LogP contribution < -0.4 is 10.6 Å². The number of aliphatic hydroxyl groups is 1. The van der Waals surface area contributed by atoms with E-state index in [1.807, 2.05) is 36.4 Å². The largest absolute Gasteiger partial charge is 0.392 e. The molecule has 0 aromatic heterocycles. The van der Waals surface area contributed by atoms with Crippen molar-refractivity contribution in [3.63, 3.8) is 0 Å². The molecule has 0 spiro atoms. The van der Waals surface area contributed by atoms with Gasteiger partial charge in [-0.05, 0) is 35.4 Å². The minimum atomic E-state index is -0.0832. The topological polar surface area (TPSA) is 61.4 Å². The first-order chi connectivity index (χ1) is 9.72. The van der Waals surface area contributed by atoms with E-state index >= 15 is 0 Å². The SMILES string of the molecule is CNC(=O)c1ccc(CNc2cccc(CO)c2)cc1. The molecule has 0 fully saturated rings. The van der Waals surface area contributed by atoms with Crippen LogP contribution in [0.1, 0.15) is 21.5 Å². The molecule has 0 aliphatic heterocycles. The summed E-state index contributed by atoms with van der Waals surface area (Å²) in [6, 6.07) is 15.1. The van der Waals surface area contributed by atoms with Crippen LogP contribution in [0.4, 0.5) is 5.69 Å². The number of nitrogens with one attached hydrogen (secondary N) is 2. The molecule has 4 nitrogen and oxygen atoms in total. The van der Waals surface area contributed by atoms with Crippen LogP contribution >= 0.6 is 0 Å². The van der Waals surface area contributed by atoms with Gasteiger partial charge in [0.15, 0.2) is 0 Å². The van der Waals surface area contributed by atoms with Gasteiger partial charge >= 0.3 is 0 Å². The minimum absolute atomic E-state index is 0.0380. The Hall–Kier alpha value is -2.33. The van der Waals surface area contributed by atoms with Crippen LogP contribution in [0.3, 0.4) is 0 Å². The van der Waals surface area contributed by atoms with Crippen LogP contribution in [0.15, 0.2) is 48.5 Å². The Morgan fingerprint density at radius 3 is 2.50 bits per heavy atom. The number of rotatable bonds is 5. The number of carbonyl (C=O) groups excluding carboxylic acids is 1. The second-order valence-corrected chi connectivity index (χ2v) is 4.49. The maximum atomic E-state index is 11.4. The van der Waals surface area contributed by atoms with E-state index in [2.05, 4.69) is 10.6 Å². The number of anilines is 1. The number of hydrogen-bond acceptors (Lipinski definition) is 3. The fourth-order valence-corrected chi connectivity index (χ4v) is 1.90. The fraction of sp³-hybridized carbons (Fsp3) is 0.188. The lowest BCUT2D eigenvalue weighted by molar-refractivity contribution is 0.0963. The molecule has 0 bridgehead atoms. The van der Waals surface area contributed by atoms with Gasteiger partial charge in [-0.2, -0.15) is 0 Å². The number of hydrogen-bond donors (Lipinski definition) is 3. The molecule has 2 rings (SSSR count). The highest BCUT2D eigenvalue weighted by Crippen LogP contribution is 2.12. The second kappa shape index (κ2) is 6.73. The van der Waals surface area contributed by atoms with Gasteiger partial charge in [-0.25, -0.2) is 0 Å². The molecule has 0 saturated heterocycles. The Kier molecular flexibility index (Phi) is 4.74. The molecule has 1 amide bonds. The van der Waals surface area contributed by atoms with Gasteiger partial charge in [0.25, 0.3) is 5.91 Å². The Labute approximate surface area is 118 Å². The van der Waals surface area contributed by atoms with Crippen molar-refractivity contribution in [2.24, 2.45) is 0 Å². The highest BCUT2D eigenvalue weighted by atomic mass is 16.3. The molecule has 0 radical (unpaired) electrons. The van der Waals surface area contributed by atoms with Crippen LogP contribution in [0.5, 0.6) is 0 Å². The van der Waals surface area contributed by atoms with Crippen molar-refractivity contribution >= 4 is 11.6 Å². The van der Waals surface area contributed by atoms with Gasteiger partial charge < -0.3 is 15.7 Å². The van der Waals surface area contributed by atoms with E-state index < -0.39 is 0 Å². The molecule has 2 aromatic carbocycles. The Morgan fingerprint density at radius 2 is 1.85 bits per heavy atom. The Balaban J connectivity index is 1.98. The van der Waals surface area contributed by atoms with Gasteiger partial charge in [-0.3, -0.25) is 4.79 Å². The van der Waals surface area contributed by atoms with Gasteiger partial charge in [0.2, 0.25) is 0 Å². The van der Waals surface area contributed by atoms with Gasteiger partial charge in [0.1, 0.15) is 0 Å². The average molecular weight is 270 g/mol. The Bertz CT molecular complexity index is 579. The van der Waals surface area contributed by atoms with Crippen molar-refractivity contribution < 1.29 is 9.90 Å². The molecule has 0 atom stereocenters. The fourth-order valence-electron chi connectivity index (χ4n) is 1.90. The van der Waals surface area contributed by atoms with Gasteiger partial charge in [0, 0.05) is 24.8 Å². The van der Waals surface area contributed by atoms with E-state index in [1.165, 1.54) is 0 Å². The van der Waals surface area contributed by atoms with Crippen molar-refractivity contribution in [1.82, 2.24) is 5.32 Å². The van der Waals surface area contributed by atoms with Crippen LogP contribution in [-0.4, -0.2) is 18.1 Å². The van der Waals surface area contributed by atoms with E-state index in [9.17, 15) is 4.79 Å². The van der Waals surface area contributed by atoms with Crippen LogP contribution in [0.2, 0.25) is 0 Å². The summed E-state index contributed by atoms with van der Waals surface area (Å²) in [6.45, 7) is 0.708. The molecule has 2 aromatic rings. The molecule has 3 N–H and O–H groups in total. The van der Waals surface area contributed by atoms with Crippen molar-refractivity contribution in [2.75, 3.05) is 12.4 Å². The molecule has 104 valence electrons. The summed E-state index contributed by atoms with van der Waals surface area (Å²) in [5.41, 5.74) is 3.59. The maximum Gasteiger partial charge on any atom is 0.251 e. The summed E-state index contributed by atoms with van der Waals surface area (Å²) in [6.07, 6.45) is 0. The molecule has 20 heavy (non-hydrogen) atoms. The van der Waals surface area contributed by atoms with Crippen LogP contribution in [-0.2, 0) is 13.2 Å². The van der Waals surface area contributed by atoms with Gasteiger partial charge in [0.05, 0.1) is 6.61 Å². The number of aliphatic hydroxyl groups excluding tert-OH is 1. The molecular weight excluding hydrogens is 252 g/mol. The lowest BCUT2D eigenvalue weighted by Gasteiger charge is -2.08. The van der Waals surface area contributed by atoms with E-state index in [1.54, 1.807) is 19.2 Å². The average Bonchev–Trinajstić information content (AvgIpc) is 2.53. The summed E-state index contributed by atoms with van der Waals surface area (Å²) in [5.74, 6) is -0.0832. The molecule has 0 unspecified atom stereocenters. The number of amides is 1. The third-order valence-corrected chi connectivity index (χ3v) is 3.05. The molecule has 0 aliphatic carbocycles. The molecule has 4 heteroatoms. The summed E-state index contributed by atoms with van der Waals surface area (Å²) >= 11 is 0. The number of benzene rings is 2. The van der Waals surface area contributed by atoms with E-state index in [0.29, 0.717) is 12.1 Å².